The average molecular weight is 519 g/mol. The van der Waals surface area contributed by atoms with Gasteiger partial charge in [-0.1, -0.05) is 12.8 Å². The molecule has 204 valence electrons. The molecular weight excluding hydrogens is 480 g/mol. The van der Waals surface area contributed by atoms with Crippen LogP contribution in [-0.2, 0) is 14.2 Å². The molecule has 0 unspecified atom stereocenters. The molecule has 0 aliphatic carbocycles. The van der Waals surface area contributed by atoms with Gasteiger partial charge in [-0.15, -0.1) is 0 Å². The Kier molecular flexibility index (Phi) is 10.5. The lowest BCUT2D eigenvalue weighted by Gasteiger charge is -2.27. The van der Waals surface area contributed by atoms with E-state index in [1.54, 1.807) is 32.9 Å². The predicted molar refractivity (Wildman–Crippen MR) is 137 cm³/mol. The van der Waals surface area contributed by atoms with E-state index in [-0.39, 0.29) is 11.6 Å². The minimum Gasteiger partial charge on any atom is -0.464 e. The van der Waals surface area contributed by atoms with Crippen molar-refractivity contribution in [3.8, 4) is 11.5 Å². The van der Waals surface area contributed by atoms with E-state index in [2.05, 4.69) is 20.0 Å². The second-order valence-corrected chi connectivity index (χ2v) is 10.4. The number of carbonyl (C=O) groups excluding carboxylic acids is 3. The molecule has 0 aromatic carbocycles. The van der Waals surface area contributed by atoms with Gasteiger partial charge in [0.1, 0.15) is 23.3 Å². The zero-order valence-electron chi connectivity index (χ0n) is 22.8. The predicted octanol–water partition coefficient (Wildman–Crippen LogP) is 5.35. The van der Waals surface area contributed by atoms with E-state index in [0.717, 1.165) is 19.3 Å². The highest BCUT2D eigenvalue weighted by atomic mass is 16.6. The highest BCUT2D eigenvalue weighted by Gasteiger charge is 2.25. The maximum atomic E-state index is 13.0. The Labute approximate surface area is 217 Å². The minimum atomic E-state index is -0.682. The lowest BCUT2D eigenvalue weighted by Crippen LogP contribution is -2.38. The Hall–Kier alpha value is -3.63. The van der Waals surface area contributed by atoms with Crippen molar-refractivity contribution in [2.24, 2.45) is 0 Å². The number of pyridine rings is 1. The van der Waals surface area contributed by atoms with Crippen LogP contribution in [0.3, 0.4) is 0 Å². The Balaban J connectivity index is 2.01. The molecule has 2 heterocycles. The van der Waals surface area contributed by atoms with Crippen molar-refractivity contribution in [2.75, 3.05) is 25.1 Å². The normalized spacial score (nSPS) is 11.5. The summed E-state index contributed by atoms with van der Waals surface area (Å²) in [7, 11) is 1.26. The fraction of sp³-hybridized carbons (Fsp3) is 0.577. The van der Waals surface area contributed by atoms with Gasteiger partial charge in [-0.2, -0.15) is 0 Å². The number of aromatic nitrogens is 2. The fourth-order valence-corrected chi connectivity index (χ4v) is 3.17. The highest BCUT2D eigenvalue weighted by Crippen LogP contribution is 2.24. The third-order valence-corrected chi connectivity index (χ3v) is 4.76. The van der Waals surface area contributed by atoms with Gasteiger partial charge in [-0.25, -0.2) is 24.4 Å². The van der Waals surface area contributed by atoms with Crippen LogP contribution in [0.15, 0.2) is 29.0 Å². The minimum absolute atomic E-state index is 0.0426. The molecule has 0 saturated heterocycles. The number of esters is 1. The zero-order valence-corrected chi connectivity index (χ0v) is 22.8. The Bertz CT molecular complexity index is 1050. The van der Waals surface area contributed by atoms with Gasteiger partial charge in [0, 0.05) is 24.8 Å². The standard InChI is InChI=1S/C26H38N4O7/c1-25(2,3)36-23(32)28-13-10-8-9-11-15-30(24(33)37-26(4,5)6)20-16-18(12-14-27-20)21-29-19(17-35-21)22(31)34-7/h12,14,16-17H,8-11,13,15H2,1-7H3,(H,28,32). The van der Waals surface area contributed by atoms with Crippen molar-refractivity contribution in [3.63, 3.8) is 0 Å². The van der Waals surface area contributed by atoms with E-state index >= 15 is 0 Å². The molecule has 11 nitrogen and oxygen atoms in total. The Morgan fingerprint density at radius 2 is 1.68 bits per heavy atom. The lowest BCUT2D eigenvalue weighted by atomic mass is 10.2. The van der Waals surface area contributed by atoms with Crippen molar-refractivity contribution >= 4 is 24.0 Å². The van der Waals surface area contributed by atoms with Crippen LogP contribution in [0.4, 0.5) is 15.4 Å². The van der Waals surface area contributed by atoms with E-state index in [4.69, 9.17) is 13.9 Å². The molecule has 2 rings (SSSR count). The van der Waals surface area contributed by atoms with Gasteiger partial charge in [0.05, 0.1) is 7.11 Å². The van der Waals surface area contributed by atoms with Crippen LogP contribution in [0.5, 0.6) is 0 Å². The topological polar surface area (TPSA) is 133 Å². The Morgan fingerprint density at radius 3 is 2.32 bits per heavy atom. The summed E-state index contributed by atoms with van der Waals surface area (Å²) in [6.07, 6.45) is 4.97. The molecular formula is C26H38N4O7. The highest BCUT2D eigenvalue weighted by molar-refractivity contribution is 5.88. The third kappa shape index (κ3) is 10.5. The number of anilines is 1. The van der Waals surface area contributed by atoms with Crippen LogP contribution in [0.1, 0.15) is 77.7 Å². The van der Waals surface area contributed by atoms with Crippen molar-refractivity contribution in [1.82, 2.24) is 15.3 Å². The van der Waals surface area contributed by atoms with Crippen molar-refractivity contribution in [2.45, 2.75) is 78.4 Å². The molecule has 11 heteroatoms. The van der Waals surface area contributed by atoms with Crippen LogP contribution < -0.4 is 10.2 Å². The first-order valence-corrected chi connectivity index (χ1v) is 12.3. The number of carbonyl (C=O) groups is 3. The van der Waals surface area contributed by atoms with E-state index in [1.807, 2.05) is 20.8 Å². The Morgan fingerprint density at radius 1 is 1.00 bits per heavy atom. The molecule has 0 aliphatic heterocycles. The molecule has 37 heavy (non-hydrogen) atoms. The monoisotopic (exact) mass is 518 g/mol. The molecule has 2 aromatic heterocycles. The molecule has 0 atom stereocenters. The van der Waals surface area contributed by atoms with Gasteiger partial charge in [-0.05, 0) is 66.5 Å². The average Bonchev–Trinajstić information content (AvgIpc) is 3.28. The summed E-state index contributed by atoms with van der Waals surface area (Å²) in [6, 6.07) is 3.32. The maximum Gasteiger partial charge on any atom is 0.416 e. The largest absolute Gasteiger partial charge is 0.464 e. The van der Waals surface area contributed by atoms with Crippen LogP contribution >= 0.6 is 0 Å². The van der Waals surface area contributed by atoms with Gasteiger partial charge in [-0.3, -0.25) is 4.90 Å². The molecule has 1 N–H and O–H groups in total. The first-order chi connectivity index (χ1) is 17.3. The summed E-state index contributed by atoms with van der Waals surface area (Å²) in [5.41, 5.74) is -0.627. The molecule has 0 spiro atoms. The molecule has 0 bridgehead atoms. The summed E-state index contributed by atoms with van der Waals surface area (Å²) in [4.78, 5) is 46.4. The van der Waals surface area contributed by atoms with Crippen LogP contribution in [0.25, 0.3) is 11.5 Å². The summed E-state index contributed by atoms with van der Waals surface area (Å²) < 4.78 is 20.9. The van der Waals surface area contributed by atoms with Crippen LogP contribution in [-0.4, -0.2) is 59.5 Å². The van der Waals surface area contributed by atoms with E-state index in [0.29, 0.717) is 30.9 Å². The number of alkyl carbamates (subject to hydrolysis) is 1. The number of rotatable bonds is 10. The van der Waals surface area contributed by atoms with Gasteiger partial charge >= 0.3 is 18.2 Å². The van der Waals surface area contributed by atoms with Crippen molar-refractivity contribution < 1.29 is 33.0 Å². The summed E-state index contributed by atoms with van der Waals surface area (Å²) in [5.74, 6) is -0.0391. The number of nitrogens with one attached hydrogen (secondary N) is 1. The number of ether oxygens (including phenoxy) is 3. The number of nitrogens with zero attached hydrogens (tertiary/aromatic N) is 3. The summed E-state index contributed by atoms with van der Waals surface area (Å²) >= 11 is 0. The van der Waals surface area contributed by atoms with Gasteiger partial charge < -0.3 is 23.9 Å². The number of unbranched alkanes of at least 4 members (excludes halogenated alkanes) is 3. The number of amides is 2. The van der Waals surface area contributed by atoms with E-state index < -0.39 is 29.4 Å². The first kappa shape index (κ1) is 29.6. The van der Waals surface area contributed by atoms with E-state index in [1.165, 1.54) is 24.5 Å². The maximum absolute atomic E-state index is 13.0. The molecule has 0 saturated carbocycles. The lowest BCUT2D eigenvalue weighted by molar-refractivity contribution is 0.0523. The molecule has 0 aliphatic rings. The number of hydrogen-bond donors (Lipinski definition) is 1. The molecule has 0 radical (unpaired) electrons. The molecule has 2 amide bonds. The smallest absolute Gasteiger partial charge is 0.416 e. The van der Waals surface area contributed by atoms with Gasteiger partial charge in [0.15, 0.2) is 5.69 Å². The SMILES string of the molecule is COC(=O)c1coc(-c2ccnc(N(CCCCCCNC(=O)OC(C)(C)C)C(=O)OC(C)(C)C)c2)n1. The third-order valence-electron chi connectivity index (χ3n) is 4.76. The van der Waals surface area contributed by atoms with E-state index in [9.17, 15) is 14.4 Å². The fourth-order valence-electron chi connectivity index (χ4n) is 3.17. The van der Waals surface area contributed by atoms with Crippen molar-refractivity contribution in [1.29, 1.82) is 0 Å². The van der Waals surface area contributed by atoms with Crippen molar-refractivity contribution in [3.05, 3.63) is 30.3 Å². The van der Waals surface area contributed by atoms with Crippen LogP contribution in [0, 0.1) is 0 Å². The number of oxazole rings is 1. The molecule has 2 aromatic rings. The second kappa shape index (κ2) is 13.1. The first-order valence-electron chi connectivity index (χ1n) is 12.3. The number of methoxy groups -OCH3 is 1. The zero-order chi connectivity index (χ0) is 27.6. The summed E-state index contributed by atoms with van der Waals surface area (Å²) in [5, 5.41) is 2.74. The molecule has 0 fully saturated rings. The number of hydrogen-bond acceptors (Lipinski definition) is 9. The van der Waals surface area contributed by atoms with Crippen LogP contribution in [0.2, 0.25) is 0 Å². The quantitative estimate of drug-likeness (QED) is 0.251. The van der Waals surface area contributed by atoms with Gasteiger partial charge in [0.2, 0.25) is 5.89 Å². The van der Waals surface area contributed by atoms with Gasteiger partial charge in [0.25, 0.3) is 0 Å². The second-order valence-electron chi connectivity index (χ2n) is 10.4. The summed E-state index contributed by atoms with van der Waals surface area (Å²) in [6.45, 7) is 11.7.